The zero-order valence-electron chi connectivity index (χ0n) is 21.2. The maximum Gasteiger partial charge on any atom is 0.0619 e. The lowest BCUT2D eigenvalue weighted by atomic mass is 10.0. The van der Waals surface area contributed by atoms with Gasteiger partial charge in [0.1, 0.15) is 0 Å². The topological polar surface area (TPSA) is 30.9 Å². The van der Waals surface area contributed by atoms with Crippen LogP contribution in [0.1, 0.15) is 0 Å². The van der Waals surface area contributed by atoms with Gasteiger partial charge in [0.25, 0.3) is 0 Å². The first kappa shape index (κ1) is 36.1. The highest BCUT2D eigenvalue weighted by Crippen LogP contribution is 2.37. The normalized spacial score (nSPS) is 9.67. The van der Waals surface area contributed by atoms with Crippen molar-refractivity contribution < 1.29 is 0 Å². The van der Waals surface area contributed by atoms with Crippen molar-refractivity contribution in [1.82, 2.24) is 4.57 Å². The van der Waals surface area contributed by atoms with E-state index in [1.807, 2.05) is 12.1 Å². The van der Waals surface area contributed by atoms with Gasteiger partial charge in [-0.25, -0.2) is 0 Å². The van der Waals surface area contributed by atoms with Crippen LogP contribution in [-0.2, 0) is 156 Å². The molecule has 5 aromatic rings. The van der Waals surface area contributed by atoms with E-state index < -0.39 is 0 Å². The van der Waals surface area contributed by atoms with E-state index in [2.05, 4.69) is 89.5 Å². The first-order chi connectivity index (χ1) is 21.2. The van der Waals surface area contributed by atoms with Gasteiger partial charge in [-0.15, -0.1) is 0 Å². The van der Waals surface area contributed by atoms with E-state index in [4.69, 9.17) is 28.1 Å². The molecule has 2 N–H and O–H groups in total. The van der Waals surface area contributed by atoms with Crippen molar-refractivity contribution in [3.63, 3.8) is 0 Å². The monoisotopic (exact) mass is 878 g/mol. The molecule has 226 valence electrons. The molecule has 19 heteroatoms. The highest BCUT2D eigenvalue weighted by Gasteiger charge is 2.15. The highest BCUT2D eigenvalue weighted by atomic mass is 33.5. The lowest BCUT2D eigenvalue weighted by Crippen LogP contribution is -1.95. The Morgan fingerprint density at radius 3 is 1.51 bits per heavy atom. The lowest BCUT2D eigenvalue weighted by Gasteiger charge is -2.11. The molecule has 0 saturated carbocycles. The van der Waals surface area contributed by atoms with E-state index in [1.54, 1.807) is 115 Å². The Balaban J connectivity index is 0.000000219. The Kier molecular flexibility index (Phi) is 17.7. The van der Waals surface area contributed by atoms with Crippen LogP contribution in [0.2, 0.25) is 0 Å². The molecule has 1 aromatic heterocycles. The molecule has 0 bridgehead atoms. The molecule has 4 aromatic carbocycles. The molecular formula is C24H18N2S17. The number of nitrogens with zero attached hydrogens (tertiary/aromatic N) is 1. The lowest BCUT2D eigenvalue weighted by molar-refractivity contribution is 1.18. The van der Waals surface area contributed by atoms with E-state index in [-0.39, 0.29) is 0 Å². The minimum absolute atomic E-state index is 0.782. The molecule has 0 amide bonds. The summed E-state index contributed by atoms with van der Waals surface area (Å²) >= 11 is 9.48. The fourth-order valence-electron chi connectivity index (χ4n) is 3.91. The number of hydrogen-bond donors (Lipinski definition) is 1. The highest BCUT2D eigenvalue weighted by molar-refractivity contribution is 8.77. The van der Waals surface area contributed by atoms with Crippen molar-refractivity contribution in [2.75, 3.05) is 5.73 Å². The van der Waals surface area contributed by atoms with Gasteiger partial charge in [-0.3, -0.25) is 0 Å². The number of aromatic nitrogens is 1. The largest absolute Gasteiger partial charge is 0.399 e. The average Bonchev–Trinajstić information content (AvgIpc) is 3.39. The summed E-state index contributed by atoms with van der Waals surface area (Å²) in [6.07, 6.45) is 0. The van der Waals surface area contributed by atoms with Gasteiger partial charge in [-0.05, 0) is 35.9 Å². The summed E-state index contributed by atoms with van der Waals surface area (Å²) < 4.78 is 2.36. The number of nitrogens with two attached hydrogens (primary N) is 1. The van der Waals surface area contributed by atoms with Gasteiger partial charge in [0.2, 0.25) is 0 Å². The number of fused-ring (bicyclic) bond motifs is 3. The van der Waals surface area contributed by atoms with Crippen LogP contribution < -0.4 is 5.73 Å². The first-order valence-corrected chi connectivity index (χ1v) is 32.8. The van der Waals surface area contributed by atoms with Gasteiger partial charge in [0, 0.05) is 183 Å². The Morgan fingerprint density at radius 1 is 0.465 bits per heavy atom. The van der Waals surface area contributed by atoms with Crippen LogP contribution in [0.5, 0.6) is 0 Å². The van der Waals surface area contributed by atoms with Crippen molar-refractivity contribution in [3.05, 3.63) is 97.1 Å². The smallest absolute Gasteiger partial charge is 0.0619 e. The van der Waals surface area contributed by atoms with Crippen molar-refractivity contribution in [2.45, 2.75) is 0 Å². The maximum atomic E-state index is 5.89. The third-order valence-electron chi connectivity index (χ3n) is 5.32. The van der Waals surface area contributed by atoms with Gasteiger partial charge in [0.05, 0.1) is 11.0 Å². The summed E-state index contributed by atoms with van der Waals surface area (Å²) in [6.45, 7) is 0. The van der Waals surface area contributed by atoms with Crippen molar-refractivity contribution in [3.8, 4) is 16.8 Å². The predicted octanol–water partition coefficient (Wildman–Crippen LogP) is 5.99. The molecule has 1 heterocycles. The average molecular weight is 880 g/mol. The molecule has 0 atom stereocenters. The molecule has 0 aliphatic carbocycles. The van der Waals surface area contributed by atoms with Crippen LogP contribution in [0, 0.1) is 0 Å². The number of nitrogen functional groups attached to an aromatic ring is 1. The van der Waals surface area contributed by atoms with Crippen LogP contribution in [0.25, 0.3) is 38.6 Å². The zero-order chi connectivity index (χ0) is 30.1. The van der Waals surface area contributed by atoms with Gasteiger partial charge in [-0.1, -0.05) is 66.7 Å². The van der Waals surface area contributed by atoms with E-state index in [0.29, 0.717) is 0 Å². The van der Waals surface area contributed by atoms with Crippen molar-refractivity contribution in [1.29, 1.82) is 0 Å². The number of para-hydroxylation sites is 3. The molecule has 2 nitrogen and oxygen atoms in total. The molecule has 0 fully saturated rings. The molecule has 0 unspecified atom stereocenters. The second-order valence-electron chi connectivity index (χ2n) is 7.53. The quantitative estimate of drug-likeness (QED) is 0.222. The SMILES string of the molecule is Nc1ccc(-c2cccc3c4ccccc4n(-c4ccccc4)c23)cc1.S=S=S=S=S=S=S=S=S=S=S=S=S=S=S=S=S. The molecule has 0 aliphatic rings. The molecule has 5 rings (SSSR count). The van der Waals surface area contributed by atoms with E-state index in [0.717, 1.165) is 5.69 Å². The number of anilines is 1. The predicted molar refractivity (Wildman–Crippen MR) is 236 cm³/mol. The summed E-state index contributed by atoms with van der Waals surface area (Å²) in [5, 5.41) is 2.53. The Hall–Kier alpha value is 0.220. The van der Waals surface area contributed by atoms with Gasteiger partial charge < -0.3 is 10.3 Å². The summed E-state index contributed by atoms with van der Waals surface area (Å²) in [4.78, 5) is 0. The Bertz CT molecular complexity index is 2360. The third-order valence-corrected chi connectivity index (χ3v) is 36.4. The maximum absolute atomic E-state index is 5.89. The standard InChI is InChI=1S/C24H18N2.S17/c25-18-15-13-17(14-16-18)20-10-6-11-22-21-9-4-5-12-23(21)26(24(20)22)19-7-2-1-3-8-19;1-3-5-7-9-11-13-15-17-16-14-12-10-8-6-4-2/h1-16H,25H2;. The molecular weight excluding hydrogens is 861 g/mol. The molecule has 0 saturated heterocycles. The van der Waals surface area contributed by atoms with E-state index in [9.17, 15) is 0 Å². The number of rotatable bonds is 2. The fraction of sp³-hybridized carbons (Fsp3) is 0. The fourth-order valence-corrected chi connectivity index (χ4v) is 39.6. The van der Waals surface area contributed by atoms with Crippen molar-refractivity contribution in [2.24, 2.45) is 0 Å². The minimum atomic E-state index is 0.782. The molecule has 0 spiro atoms. The van der Waals surface area contributed by atoms with E-state index in [1.165, 1.54) is 56.4 Å². The second kappa shape index (κ2) is 21.2. The van der Waals surface area contributed by atoms with Crippen molar-refractivity contribution >= 4 is 183 Å². The van der Waals surface area contributed by atoms with Crippen LogP contribution in [-0.4, -0.2) is 4.57 Å². The van der Waals surface area contributed by atoms with E-state index >= 15 is 0 Å². The Labute approximate surface area is 302 Å². The van der Waals surface area contributed by atoms with Gasteiger partial charge in [0.15, 0.2) is 0 Å². The number of hydrogen-bond acceptors (Lipinski definition) is 3. The molecule has 0 aliphatic heterocycles. The minimum Gasteiger partial charge on any atom is -0.399 e. The third kappa shape index (κ3) is 11.5. The van der Waals surface area contributed by atoms with Crippen LogP contribution in [0.15, 0.2) is 97.1 Å². The van der Waals surface area contributed by atoms with Gasteiger partial charge >= 0.3 is 0 Å². The summed E-state index contributed by atoms with van der Waals surface area (Å²) in [7, 11) is 25.4. The number of benzene rings is 4. The summed E-state index contributed by atoms with van der Waals surface area (Å²) in [5.41, 5.74) is 12.7. The summed E-state index contributed by atoms with van der Waals surface area (Å²) in [6, 6.07) is 33.8. The Morgan fingerprint density at radius 2 is 0.953 bits per heavy atom. The van der Waals surface area contributed by atoms with Gasteiger partial charge in [-0.2, -0.15) is 0 Å². The zero-order valence-corrected chi connectivity index (χ0v) is 35.1. The second-order valence-corrected chi connectivity index (χ2v) is 34.1. The first-order valence-electron chi connectivity index (χ1n) is 11.4. The summed E-state index contributed by atoms with van der Waals surface area (Å²) in [5.74, 6) is 0. The molecule has 0 radical (unpaired) electrons. The van der Waals surface area contributed by atoms with Crippen LogP contribution >= 0.6 is 0 Å². The van der Waals surface area contributed by atoms with Crippen LogP contribution in [0.4, 0.5) is 5.69 Å². The van der Waals surface area contributed by atoms with Crippen LogP contribution in [0.3, 0.4) is 0 Å². The molecule has 43 heavy (non-hydrogen) atoms.